The first kappa shape index (κ1) is 14.3. The van der Waals surface area contributed by atoms with Crippen LogP contribution in [0.5, 0.6) is 0 Å². The Morgan fingerprint density at radius 2 is 2.33 bits per heavy atom. The highest BCUT2D eigenvalue weighted by molar-refractivity contribution is 6.36. The third-order valence-corrected chi connectivity index (χ3v) is 4.22. The van der Waals surface area contributed by atoms with Crippen LogP contribution >= 0.6 is 11.6 Å². The van der Waals surface area contributed by atoms with E-state index in [-0.39, 0.29) is 11.9 Å². The van der Waals surface area contributed by atoms with Crippen molar-refractivity contribution in [3.05, 3.63) is 35.0 Å². The number of benzene rings is 1. The molecule has 1 aromatic heterocycles. The van der Waals surface area contributed by atoms with Crippen LogP contribution in [0, 0.1) is 0 Å². The zero-order valence-corrected chi connectivity index (χ0v) is 12.6. The summed E-state index contributed by atoms with van der Waals surface area (Å²) in [5, 5.41) is 11.3. The van der Waals surface area contributed by atoms with E-state index in [2.05, 4.69) is 9.88 Å². The molecule has 0 radical (unpaired) electrons. The molecule has 21 heavy (non-hydrogen) atoms. The van der Waals surface area contributed by atoms with E-state index in [4.69, 9.17) is 11.6 Å². The largest absolute Gasteiger partial charge is 0.391 e. The van der Waals surface area contributed by atoms with Crippen LogP contribution < -0.4 is 4.90 Å². The first-order chi connectivity index (χ1) is 10.1. The minimum absolute atomic E-state index is 0.0421. The molecule has 0 bridgehead atoms. The normalized spacial score (nSPS) is 19.0. The van der Waals surface area contributed by atoms with E-state index in [1.807, 2.05) is 12.1 Å². The maximum absolute atomic E-state index is 12.0. The van der Waals surface area contributed by atoms with Crippen molar-refractivity contribution in [1.82, 2.24) is 4.98 Å². The lowest BCUT2D eigenvalue weighted by Crippen LogP contribution is -2.39. The lowest BCUT2D eigenvalue weighted by molar-refractivity contribution is 0.101. The molecule has 5 heteroatoms. The maximum Gasteiger partial charge on any atom is 0.162 e. The fourth-order valence-electron chi connectivity index (χ4n) is 2.93. The molecule has 0 amide bonds. The number of Topliss-reactive ketones (excluding diaryl/α,β-unsaturated/α-hetero) is 1. The molecule has 0 saturated carbocycles. The molecule has 110 valence electrons. The van der Waals surface area contributed by atoms with Crippen LogP contribution in [-0.2, 0) is 0 Å². The van der Waals surface area contributed by atoms with E-state index in [1.165, 1.54) is 6.92 Å². The van der Waals surface area contributed by atoms with Crippen molar-refractivity contribution < 1.29 is 9.90 Å². The Balaban J connectivity index is 2.25. The molecule has 0 aliphatic carbocycles. The van der Waals surface area contributed by atoms with Gasteiger partial charge in [-0.05, 0) is 38.0 Å². The number of anilines is 1. The molecule has 2 heterocycles. The van der Waals surface area contributed by atoms with E-state index in [1.54, 1.807) is 12.3 Å². The van der Waals surface area contributed by atoms with E-state index < -0.39 is 0 Å². The SMILES string of the molecule is CC(=O)c1cc(Cl)c2cccnc2c1N1CCC[C@H](O)C1. The highest BCUT2D eigenvalue weighted by Crippen LogP contribution is 2.36. The average molecular weight is 305 g/mol. The van der Waals surface area contributed by atoms with Crippen molar-refractivity contribution >= 4 is 34.0 Å². The van der Waals surface area contributed by atoms with Crippen molar-refractivity contribution in [1.29, 1.82) is 0 Å². The van der Waals surface area contributed by atoms with Crippen molar-refractivity contribution in [2.24, 2.45) is 0 Å². The predicted octanol–water partition coefficient (Wildman–Crippen LogP) is 3.05. The maximum atomic E-state index is 12.0. The fraction of sp³-hybridized carbons (Fsp3) is 0.375. The van der Waals surface area contributed by atoms with Gasteiger partial charge in [0.2, 0.25) is 0 Å². The number of hydrogen-bond donors (Lipinski definition) is 1. The van der Waals surface area contributed by atoms with E-state index in [0.717, 1.165) is 36.0 Å². The number of aromatic nitrogens is 1. The Bertz CT molecular complexity index is 702. The summed E-state index contributed by atoms with van der Waals surface area (Å²) in [7, 11) is 0. The number of pyridine rings is 1. The summed E-state index contributed by atoms with van der Waals surface area (Å²) in [5.74, 6) is -0.0421. The zero-order valence-electron chi connectivity index (χ0n) is 11.8. The molecule has 1 aromatic carbocycles. The van der Waals surface area contributed by atoms with Gasteiger partial charge in [-0.1, -0.05) is 11.6 Å². The van der Waals surface area contributed by atoms with Gasteiger partial charge in [0.25, 0.3) is 0 Å². The van der Waals surface area contributed by atoms with Crippen LogP contribution in [0.4, 0.5) is 5.69 Å². The number of aliphatic hydroxyl groups is 1. The van der Waals surface area contributed by atoms with Gasteiger partial charge in [0.1, 0.15) is 0 Å². The van der Waals surface area contributed by atoms with Crippen molar-refractivity contribution in [3.8, 4) is 0 Å². The minimum Gasteiger partial charge on any atom is -0.391 e. The van der Waals surface area contributed by atoms with Gasteiger partial charge in [0.05, 0.1) is 22.3 Å². The summed E-state index contributed by atoms with van der Waals surface area (Å²) in [5.41, 5.74) is 2.09. The average Bonchev–Trinajstić information content (AvgIpc) is 2.47. The molecule has 1 aliphatic heterocycles. The summed E-state index contributed by atoms with van der Waals surface area (Å²) in [4.78, 5) is 18.5. The number of aliphatic hydroxyl groups excluding tert-OH is 1. The molecule has 3 rings (SSSR count). The first-order valence-electron chi connectivity index (χ1n) is 7.09. The number of rotatable bonds is 2. The van der Waals surface area contributed by atoms with Crippen LogP contribution in [0.2, 0.25) is 5.02 Å². The first-order valence-corrected chi connectivity index (χ1v) is 7.47. The third-order valence-electron chi connectivity index (χ3n) is 3.91. The summed E-state index contributed by atoms with van der Waals surface area (Å²) < 4.78 is 0. The van der Waals surface area contributed by atoms with Crippen LogP contribution in [0.15, 0.2) is 24.4 Å². The van der Waals surface area contributed by atoms with Crippen LogP contribution in [0.3, 0.4) is 0 Å². The Morgan fingerprint density at radius 1 is 1.52 bits per heavy atom. The van der Waals surface area contributed by atoms with Gasteiger partial charge >= 0.3 is 0 Å². The van der Waals surface area contributed by atoms with E-state index >= 15 is 0 Å². The Kier molecular flexibility index (Phi) is 3.83. The highest BCUT2D eigenvalue weighted by Gasteiger charge is 2.24. The molecule has 1 atom stereocenters. The second-order valence-electron chi connectivity index (χ2n) is 5.45. The monoisotopic (exact) mass is 304 g/mol. The van der Waals surface area contributed by atoms with Crippen molar-refractivity contribution in [2.45, 2.75) is 25.9 Å². The standard InChI is InChI=1S/C16H17ClN2O2/c1-10(20)13-8-14(17)12-5-2-6-18-15(12)16(13)19-7-3-4-11(21)9-19/h2,5-6,8,11,21H,3-4,7,9H2,1H3/t11-/m0/s1. The van der Waals surface area contributed by atoms with E-state index in [0.29, 0.717) is 17.1 Å². The number of carbonyl (C=O) groups is 1. The number of fused-ring (bicyclic) bond motifs is 1. The Morgan fingerprint density at radius 3 is 3.05 bits per heavy atom. The van der Waals surface area contributed by atoms with Gasteiger partial charge in [-0.2, -0.15) is 0 Å². The number of β-amino-alcohol motifs (C(OH)–C–C–N with tert-alkyl or cyclic N) is 1. The molecule has 1 aliphatic rings. The topological polar surface area (TPSA) is 53.4 Å². The van der Waals surface area contributed by atoms with Crippen molar-refractivity contribution in [3.63, 3.8) is 0 Å². The van der Waals surface area contributed by atoms with Crippen LogP contribution in [0.1, 0.15) is 30.1 Å². The summed E-state index contributed by atoms with van der Waals surface area (Å²) >= 11 is 6.29. The molecule has 0 spiro atoms. The van der Waals surface area contributed by atoms with Crippen LogP contribution in [0.25, 0.3) is 10.9 Å². The number of halogens is 1. The quantitative estimate of drug-likeness (QED) is 0.866. The Hall–Kier alpha value is -1.65. The lowest BCUT2D eigenvalue weighted by Gasteiger charge is -2.33. The number of hydrogen-bond acceptors (Lipinski definition) is 4. The van der Waals surface area contributed by atoms with Gasteiger partial charge in [0.15, 0.2) is 5.78 Å². The van der Waals surface area contributed by atoms with Gasteiger partial charge in [-0.25, -0.2) is 0 Å². The van der Waals surface area contributed by atoms with Gasteiger partial charge < -0.3 is 10.0 Å². The second kappa shape index (κ2) is 5.62. The molecule has 0 unspecified atom stereocenters. The molecular weight excluding hydrogens is 288 g/mol. The second-order valence-corrected chi connectivity index (χ2v) is 5.86. The molecule has 1 fully saturated rings. The molecule has 1 saturated heterocycles. The summed E-state index contributed by atoms with van der Waals surface area (Å²) in [6, 6.07) is 5.44. The summed E-state index contributed by atoms with van der Waals surface area (Å²) in [6.07, 6.45) is 3.03. The highest BCUT2D eigenvalue weighted by atomic mass is 35.5. The minimum atomic E-state index is -0.368. The zero-order chi connectivity index (χ0) is 15.0. The molecule has 2 aromatic rings. The summed E-state index contributed by atoms with van der Waals surface area (Å²) in [6.45, 7) is 2.86. The number of piperidine rings is 1. The van der Waals surface area contributed by atoms with Crippen molar-refractivity contribution in [2.75, 3.05) is 18.0 Å². The van der Waals surface area contributed by atoms with E-state index in [9.17, 15) is 9.90 Å². The Labute approximate surface area is 128 Å². The molecule has 1 N–H and O–H groups in total. The molecular formula is C16H17ClN2O2. The predicted molar refractivity (Wildman–Crippen MR) is 84.2 cm³/mol. The van der Waals surface area contributed by atoms with Crippen LogP contribution in [-0.4, -0.2) is 35.1 Å². The van der Waals surface area contributed by atoms with Gasteiger partial charge in [-0.15, -0.1) is 0 Å². The number of carbonyl (C=O) groups excluding carboxylic acids is 1. The van der Waals surface area contributed by atoms with Gasteiger partial charge in [0, 0.05) is 30.2 Å². The molecule has 4 nitrogen and oxygen atoms in total. The van der Waals surface area contributed by atoms with Gasteiger partial charge in [-0.3, -0.25) is 9.78 Å². The number of ketones is 1. The fourth-order valence-corrected chi connectivity index (χ4v) is 3.20. The third kappa shape index (κ3) is 2.61. The smallest absolute Gasteiger partial charge is 0.162 e. The lowest BCUT2D eigenvalue weighted by atomic mass is 10.0. The number of nitrogens with zero attached hydrogens (tertiary/aromatic N) is 2.